The minimum absolute atomic E-state index is 0.0132. The Labute approximate surface area is 81.4 Å². The number of rotatable bonds is 2. The van der Waals surface area contributed by atoms with E-state index in [1.807, 2.05) is 19.2 Å². The van der Waals surface area contributed by atoms with E-state index in [9.17, 15) is 0 Å². The first-order valence-electron chi connectivity index (χ1n) is 4.75. The Kier molecular flexibility index (Phi) is 1.44. The number of aromatic nitrogens is 2. The van der Waals surface area contributed by atoms with Crippen LogP contribution in [-0.2, 0) is 5.54 Å². The summed E-state index contributed by atoms with van der Waals surface area (Å²) < 4.78 is 5.65. The van der Waals surface area contributed by atoms with Crippen LogP contribution in [0.1, 0.15) is 18.7 Å². The summed E-state index contributed by atoms with van der Waals surface area (Å²) in [5.41, 5.74) is 1.45. The van der Waals surface area contributed by atoms with Gasteiger partial charge in [-0.05, 0) is 32.0 Å². The normalized spacial score (nSPS) is 18.6. The monoisotopic (exact) mass is 189 g/mol. The fourth-order valence-electron chi connectivity index (χ4n) is 1.67. The molecule has 3 rings (SSSR count). The molecule has 0 atom stereocenters. The highest BCUT2D eigenvalue weighted by molar-refractivity contribution is 5.67. The second kappa shape index (κ2) is 2.54. The molecular formula is C10H11N3O. The Morgan fingerprint density at radius 1 is 1.50 bits per heavy atom. The van der Waals surface area contributed by atoms with E-state index in [1.54, 1.807) is 6.20 Å². The minimum atomic E-state index is -0.0132. The molecule has 4 nitrogen and oxygen atoms in total. The molecule has 1 aliphatic rings. The number of nitrogens with zero attached hydrogens (tertiary/aromatic N) is 2. The van der Waals surface area contributed by atoms with Crippen LogP contribution in [0.2, 0.25) is 0 Å². The Bertz CT molecular complexity index is 440. The maximum absolute atomic E-state index is 5.65. The SMILES string of the molecule is CNC1(c2nc3ncccc3o2)CC1. The van der Waals surface area contributed by atoms with Gasteiger partial charge in [0.2, 0.25) is 5.89 Å². The van der Waals surface area contributed by atoms with Gasteiger partial charge in [-0.25, -0.2) is 4.98 Å². The predicted octanol–water partition coefficient (Wildman–Crippen LogP) is 1.43. The van der Waals surface area contributed by atoms with Crippen LogP contribution in [0.3, 0.4) is 0 Å². The highest BCUT2D eigenvalue weighted by Crippen LogP contribution is 2.45. The summed E-state index contributed by atoms with van der Waals surface area (Å²) >= 11 is 0. The first-order valence-corrected chi connectivity index (χ1v) is 4.75. The lowest BCUT2D eigenvalue weighted by atomic mass is 10.3. The van der Waals surface area contributed by atoms with Crippen molar-refractivity contribution in [2.24, 2.45) is 0 Å². The molecule has 1 aliphatic carbocycles. The quantitative estimate of drug-likeness (QED) is 0.776. The average Bonchev–Trinajstić information content (AvgIpc) is 2.91. The molecule has 0 spiro atoms. The zero-order valence-corrected chi connectivity index (χ0v) is 7.95. The number of pyridine rings is 1. The van der Waals surface area contributed by atoms with Gasteiger partial charge in [0.15, 0.2) is 11.2 Å². The van der Waals surface area contributed by atoms with Crippen molar-refractivity contribution < 1.29 is 4.42 Å². The third-order valence-corrected chi connectivity index (χ3v) is 2.80. The average molecular weight is 189 g/mol. The van der Waals surface area contributed by atoms with Gasteiger partial charge in [0, 0.05) is 6.20 Å². The van der Waals surface area contributed by atoms with Gasteiger partial charge in [0.05, 0.1) is 5.54 Å². The van der Waals surface area contributed by atoms with Crippen molar-refractivity contribution in [2.75, 3.05) is 7.05 Å². The number of hydrogen-bond acceptors (Lipinski definition) is 4. The number of oxazole rings is 1. The Balaban J connectivity index is 2.15. The van der Waals surface area contributed by atoms with E-state index in [-0.39, 0.29) is 5.54 Å². The second-order valence-electron chi connectivity index (χ2n) is 3.68. The van der Waals surface area contributed by atoms with Gasteiger partial charge in [-0.3, -0.25) is 0 Å². The Morgan fingerprint density at radius 2 is 2.36 bits per heavy atom. The van der Waals surface area contributed by atoms with E-state index < -0.39 is 0 Å². The molecule has 0 amide bonds. The first kappa shape index (κ1) is 7.94. The second-order valence-corrected chi connectivity index (χ2v) is 3.68. The Hall–Kier alpha value is -1.42. The summed E-state index contributed by atoms with van der Waals surface area (Å²) in [6, 6.07) is 3.75. The van der Waals surface area contributed by atoms with Crippen LogP contribution in [0, 0.1) is 0 Å². The molecule has 1 N–H and O–H groups in total. The molecule has 2 aromatic heterocycles. The molecule has 0 aliphatic heterocycles. The van der Waals surface area contributed by atoms with Crippen LogP contribution in [0.15, 0.2) is 22.7 Å². The van der Waals surface area contributed by atoms with Crippen LogP contribution in [0.5, 0.6) is 0 Å². The third kappa shape index (κ3) is 0.974. The molecule has 0 unspecified atom stereocenters. The fraction of sp³-hybridized carbons (Fsp3) is 0.400. The minimum Gasteiger partial charge on any atom is -0.437 e. The van der Waals surface area contributed by atoms with Crippen molar-refractivity contribution in [2.45, 2.75) is 18.4 Å². The molecule has 4 heteroatoms. The van der Waals surface area contributed by atoms with Crippen molar-refractivity contribution in [3.63, 3.8) is 0 Å². The van der Waals surface area contributed by atoms with Crippen molar-refractivity contribution >= 4 is 11.2 Å². The van der Waals surface area contributed by atoms with Gasteiger partial charge in [-0.2, -0.15) is 4.98 Å². The maximum Gasteiger partial charge on any atom is 0.217 e. The number of fused-ring (bicyclic) bond motifs is 1. The van der Waals surface area contributed by atoms with E-state index in [0.717, 1.165) is 24.3 Å². The molecular weight excluding hydrogens is 178 g/mol. The Morgan fingerprint density at radius 3 is 3.00 bits per heavy atom. The number of nitrogens with one attached hydrogen (secondary N) is 1. The molecule has 14 heavy (non-hydrogen) atoms. The topological polar surface area (TPSA) is 51.0 Å². The van der Waals surface area contributed by atoms with Crippen LogP contribution in [0.4, 0.5) is 0 Å². The molecule has 2 heterocycles. The smallest absolute Gasteiger partial charge is 0.217 e. The highest BCUT2D eigenvalue weighted by atomic mass is 16.4. The summed E-state index contributed by atoms with van der Waals surface area (Å²) in [5.74, 6) is 0.772. The van der Waals surface area contributed by atoms with Crippen molar-refractivity contribution in [3.05, 3.63) is 24.2 Å². The molecule has 1 saturated carbocycles. The summed E-state index contributed by atoms with van der Waals surface area (Å²) in [6.45, 7) is 0. The van der Waals surface area contributed by atoms with Crippen molar-refractivity contribution in [3.8, 4) is 0 Å². The molecule has 0 radical (unpaired) electrons. The van der Waals surface area contributed by atoms with E-state index >= 15 is 0 Å². The standard InChI is InChI=1S/C10H11N3O/c1-11-10(4-5-10)9-13-8-7(14-9)3-2-6-12-8/h2-3,6,11H,4-5H2,1H3. The molecule has 1 fully saturated rings. The summed E-state index contributed by atoms with van der Waals surface area (Å²) in [5, 5.41) is 3.25. The molecule has 0 bridgehead atoms. The van der Waals surface area contributed by atoms with Gasteiger partial charge in [-0.1, -0.05) is 0 Å². The lowest BCUT2D eigenvalue weighted by Gasteiger charge is -2.07. The zero-order chi connectivity index (χ0) is 9.60. The van der Waals surface area contributed by atoms with Gasteiger partial charge in [-0.15, -0.1) is 0 Å². The lowest BCUT2D eigenvalue weighted by molar-refractivity contribution is 0.420. The van der Waals surface area contributed by atoms with Gasteiger partial charge < -0.3 is 9.73 Å². The molecule has 2 aromatic rings. The van der Waals surface area contributed by atoms with E-state index in [2.05, 4.69) is 15.3 Å². The summed E-state index contributed by atoms with van der Waals surface area (Å²) in [4.78, 5) is 8.52. The summed E-state index contributed by atoms with van der Waals surface area (Å²) in [6.07, 6.45) is 3.92. The number of hydrogen-bond donors (Lipinski definition) is 1. The molecule has 0 aromatic carbocycles. The third-order valence-electron chi connectivity index (χ3n) is 2.80. The first-order chi connectivity index (χ1) is 6.84. The van der Waals surface area contributed by atoms with Crippen molar-refractivity contribution in [1.82, 2.24) is 15.3 Å². The maximum atomic E-state index is 5.65. The van der Waals surface area contributed by atoms with Crippen LogP contribution >= 0.6 is 0 Å². The predicted molar refractivity (Wildman–Crippen MR) is 51.8 cm³/mol. The van der Waals surface area contributed by atoms with Crippen LogP contribution in [-0.4, -0.2) is 17.0 Å². The molecule has 72 valence electrons. The zero-order valence-electron chi connectivity index (χ0n) is 7.95. The largest absolute Gasteiger partial charge is 0.437 e. The van der Waals surface area contributed by atoms with E-state index in [4.69, 9.17) is 4.42 Å². The summed E-state index contributed by atoms with van der Waals surface area (Å²) in [7, 11) is 1.94. The molecule has 0 saturated heterocycles. The highest BCUT2D eigenvalue weighted by Gasteiger charge is 2.47. The van der Waals surface area contributed by atoms with Crippen LogP contribution < -0.4 is 5.32 Å². The van der Waals surface area contributed by atoms with Crippen molar-refractivity contribution in [1.29, 1.82) is 0 Å². The van der Waals surface area contributed by atoms with Gasteiger partial charge in [0.1, 0.15) is 0 Å². The van der Waals surface area contributed by atoms with Gasteiger partial charge in [0.25, 0.3) is 0 Å². The fourth-order valence-corrected chi connectivity index (χ4v) is 1.67. The van der Waals surface area contributed by atoms with Gasteiger partial charge >= 0.3 is 0 Å². The lowest BCUT2D eigenvalue weighted by Crippen LogP contribution is -2.24. The van der Waals surface area contributed by atoms with E-state index in [0.29, 0.717) is 5.65 Å². The van der Waals surface area contributed by atoms with Crippen LogP contribution in [0.25, 0.3) is 11.2 Å². The van der Waals surface area contributed by atoms with E-state index in [1.165, 1.54) is 0 Å².